The van der Waals surface area contributed by atoms with E-state index in [-0.39, 0.29) is 5.91 Å². The zero-order valence-electron chi connectivity index (χ0n) is 10.9. The number of carbonyl (C=O) groups is 2. The lowest BCUT2D eigenvalue weighted by Crippen LogP contribution is -2.48. The number of hydrogen-bond acceptors (Lipinski definition) is 3. The molecule has 1 amide bonds. The summed E-state index contributed by atoms with van der Waals surface area (Å²) in [6.45, 7) is 0.469. The van der Waals surface area contributed by atoms with Gasteiger partial charge in [0.15, 0.2) is 5.69 Å². The first kappa shape index (κ1) is 12.7. The number of hydrogen-bond donors (Lipinski definition) is 2. The monoisotopic (exact) mass is 273 g/mol. The van der Waals surface area contributed by atoms with Gasteiger partial charge in [-0.05, 0) is 25.3 Å². The molecule has 0 radical (unpaired) electrons. The normalized spacial score (nSPS) is 19.2. The van der Waals surface area contributed by atoms with Crippen LogP contribution in [0, 0.1) is 0 Å². The van der Waals surface area contributed by atoms with E-state index in [1.54, 1.807) is 0 Å². The summed E-state index contributed by atoms with van der Waals surface area (Å²) in [7, 11) is 0. The molecule has 20 heavy (non-hydrogen) atoms. The lowest BCUT2D eigenvalue weighted by atomic mass is 10.0. The number of aliphatic carboxylic acids is 1. The minimum Gasteiger partial charge on any atom is -0.480 e. The summed E-state index contributed by atoms with van der Waals surface area (Å²) in [4.78, 5) is 25.3. The van der Waals surface area contributed by atoms with E-state index in [1.165, 1.54) is 4.90 Å². The van der Waals surface area contributed by atoms with Gasteiger partial charge >= 0.3 is 5.97 Å². The van der Waals surface area contributed by atoms with Crippen LogP contribution < -0.4 is 0 Å². The molecule has 1 aromatic heterocycles. The van der Waals surface area contributed by atoms with Gasteiger partial charge in [-0.1, -0.05) is 18.2 Å². The van der Waals surface area contributed by atoms with Crippen LogP contribution in [0.25, 0.3) is 10.9 Å². The van der Waals surface area contributed by atoms with Crippen molar-refractivity contribution in [3.8, 4) is 0 Å². The highest BCUT2D eigenvalue weighted by molar-refractivity contribution is 6.05. The average molecular weight is 273 g/mol. The molecule has 1 aliphatic heterocycles. The fourth-order valence-electron chi connectivity index (χ4n) is 2.69. The molecule has 0 unspecified atom stereocenters. The van der Waals surface area contributed by atoms with Crippen LogP contribution in [0.5, 0.6) is 0 Å². The van der Waals surface area contributed by atoms with Crippen molar-refractivity contribution in [3.63, 3.8) is 0 Å². The van der Waals surface area contributed by atoms with Crippen LogP contribution in [0.1, 0.15) is 29.8 Å². The van der Waals surface area contributed by atoms with Crippen LogP contribution in [0.4, 0.5) is 0 Å². The average Bonchev–Trinajstić information content (AvgIpc) is 2.90. The van der Waals surface area contributed by atoms with Crippen LogP contribution in [0.15, 0.2) is 24.3 Å². The van der Waals surface area contributed by atoms with Crippen molar-refractivity contribution in [2.24, 2.45) is 0 Å². The Hall–Kier alpha value is -2.37. The number of nitrogens with one attached hydrogen (secondary N) is 1. The number of rotatable bonds is 2. The highest BCUT2D eigenvalue weighted by Gasteiger charge is 2.33. The highest BCUT2D eigenvalue weighted by atomic mass is 16.4. The van der Waals surface area contributed by atoms with Gasteiger partial charge in [0, 0.05) is 11.9 Å². The molecule has 1 atom stereocenters. The van der Waals surface area contributed by atoms with Crippen LogP contribution in [-0.2, 0) is 4.79 Å². The van der Waals surface area contributed by atoms with Gasteiger partial charge in [0.2, 0.25) is 0 Å². The van der Waals surface area contributed by atoms with Crippen LogP contribution in [0.2, 0.25) is 0 Å². The molecular weight excluding hydrogens is 258 g/mol. The smallest absolute Gasteiger partial charge is 0.326 e. The van der Waals surface area contributed by atoms with Crippen molar-refractivity contribution >= 4 is 22.8 Å². The molecule has 0 saturated carbocycles. The van der Waals surface area contributed by atoms with Gasteiger partial charge in [0.25, 0.3) is 5.91 Å². The number of carboxylic acid groups (broad SMARTS) is 1. The van der Waals surface area contributed by atoms with Gasteiger partial charge in [0.1, 0.15) is 6.04 Å². The number of para-hydroxylation sites is 1. The maximum absolute atomic E-state index is 12.6. The first-order valence-corrected chi connectivity index (χ1v) is 6.65. The zero-order valence-corrected chi connectivity index (χ0v) is 10.9. The van der Waals surface area contributed by atoms with E-state index >= 15 is 0 Å². The molecule has 1 aromatic carbocycles. The predicted octanol–water partition coefficient (Wildman–Crippen LogP) is 1.64. The Morgan fingerprint density at radius 3 is 2.90 bits per heavy atom. The molecule has 0 aliphatic carbocycles. The van der Waals surface area contributed by atoms with Crippen LogP contribution >= 0.6 is 0 Å². The van der Waals surface area contributed by atoms with Crippen molar-refractivity contribution in [2.75, 3.05) is 6.54 Å². The SMILES string of the molecule is O=C(O)[C@@H]1CCCCN1C(=O)c1n[nH]c2ccccc12. The number of carbonyl (C=O) groups excluding carboxylic acids is 1. The first-order valence-electron chi connectivity index (χ1n) is 6.65. The molecule has 3 rings (SSSR count). The molecule has 2 aromatic rings. The third-order valence-corrected chi connectivity index (χ3v) is 3.72. The number of amides is 1. The second kappa shape index (κ2) is 4.96. The molecule has 1 aliphatic rings. The first-order chi connectivity index (χ1) is 9.68. The summed E-state index contributed by atoms with van der Waals surface area (Å²) in [5.41, 5.74) is 1.08. The number of nitrogens with zero attached hydrogens (tertiary/aromatic N) is 2. The molecular formula is C14H15N3O3. The summed E-state index contributed by atoms with van der Waals surface area (Å²) >= 11 is 0. The van der Waals surface area contributed by atoms with Gasteiger partial charge in [-0.3, -0.25) is 9.89 Å². The highest BCUT2D eigenvalue weighted by Crippen LogP contribution is 2.22. The molecule has 104 valence electrons. The van der Waals surface area contributed by atoms with Gasteiger partial charge in [-0.2, -0.15) is 5.10 Å². The molecule has 1 fully saturated rings. The molecule has 6 nitrogen and oxygen atoms in total. The summed E-state index contributed by atoms with van der Waals surface area (Å²) in [6.07, 6.45) is 2.17. The fourth-order valence-corrected chi connectivity index (χ4v) is 2.69. The molecule has 6 heteroatoms. The quantitative estimate of drug-likeness (QED) is 0.871. The summed E-state index contributed by atoms with van der Waals surface area (Å²) < 4.78 is 0. The van der Waals surface area contributed by atoms with E-state index in [4.69, 9.17) is 0 Å². The van der Waals surface area contributed by atoms with E-state index in [1.807, 2.05) is 24.3 Å². The molecule has 0 bridgehead atoms. The van der Waals surface area contributed by atoms with Crippen molar-refractivity contribution in [1.29, 1.82) is 0 Å². The summed E-state index contributed by atoms with van der Waals surface area (Å²) in [6, 6.07) is 6.59. The van der Waals surface area contributed by atoms with E-state index in [9.17, 15) is 14.7 Å². The zero-order chi connectivity index (χ0) is 14.1. The number of likely N-dealkylation sites (tertiary alicyclic amines) is 1. The van der Waals surface area contributed by atoms with Crippen molar-refractivity contribution < 1.29 is 14.7 Å². The number of benzene rings is 1. The second-order valence-corrected chi connectivity index (χ2v) is 4.97. The van der Waals surface area contributed by atoms with Crippen LogP contribution in [0.3, 0.4) is 0 Å². The Labute approximate surface area is 115 Å². The Bertz CT molecular complexity index is 664. The predicted molar refractivity (Wildman–Crippen MR) is 72.4 cm³/mol. The number of piperidine rings is 1. The minimum atomic E-state index is -0.946. The Balaban J connectivity index is 1.96. The third kappa shape index (κ3) is 2.03. The Morgan fingerprint density at radius 2 is 2.10 bits per heavy atom. The van der Waals surface area contributed by atoms with E-state index in [2.05, 4.69) is 10.2 Å². The fraction of sp³-hybridized carbons (Fsp3) is 0.357. The van der Waals surface area contributed by atoms with E-state index in [0.717, 1.165) is 23.7 Å². The maximum atomic E-state index is 12.6. The lowest BCUT2D eigenvalue weighted by molar-refractivity contribution is -0.143. The molecule has 1 saturated heterocycles. The van der Waals surface area contributed by atoms with Gasteiger partial charge in [0.05, 0.1) is 5.52 Å². The third-order valence-electron chi connectivity index (χ3n) is 3.72. The number of H-pyrrole nitrogens is 1. The minimum absolute atomic E-state index is 0.300. The number of aromatic amines is 1. The largest absolute Gasteiger partial charge is 0.480 e. The number of aromatic nitrogens is 2. The standard InChI is InChI=1S/C14H15N3O3/c18-13(17-8-4-3-7-11(17)14(19)20)12-9-5-1-2-6-10(9)15-16-12/h1-2,5-6,11H,3-4,7-8H2,(H,15,16)(H,19,20)/t11-/m0/s1. The van der Waals surface area contributed by atoms with Crippen molar-refractivity contribution in [3.05, 3.63) is 30.0 Å². The van der Waals surface area contributed by atoms with E-state index < -0.39 is 12.0 Å². The van der Waals surface area contributed by atoms with Crippen molar-refractivity contribution in [2.45, 2.75) is 25.3 Å². The van der Waals surface area contributed by atoms with Gasteiger partial charge in [-0.25, -0.2) is 4.79 Å². The van der Waals surface area contributed by atoms with Crippen LogP contribution in [-0.4, -0.2) is 44.7 Å². The topological polar surface area (TPSA) is 86.3 Å². The number of carboxylic acids is 1. The molecule has 2 heterocycles. The maximum Gasteiger partial charge on any atom is 0.326 e. The van der Waals surface area contributed by atoms with Crippen molar-refractivity contribution in [1.82, 2.24) is 15.1 Å². The molecule has 2 N–H and O–H groups in total. The summed E-state index contributed by atoms with van der Waals surface area (Å²) in [5, 5.41) is 16.8. The Kier molecular flexibility index (Phi) is 3.14. The Morgan fingerprint density at radius 1 is 1.30 bits per heavy atom. The molecule has 0 spiro atoms. The summed E-state index contributed by atoms with van der Waals surface area (Å²) in [5.74, 6) is -1.26. The van der Waals surface area contributed by atoms with Gasteiger partial charge in [-0.15, -0.1) is 0 Å². The second-order valence-electron chi connectivity index (χ2n) is 4.97. The van der Waals surface area contributed by atoms with Gasteiger partial charge < -0.3 is 10.0 Å². The lowest BCUT2D eigenvalue weighted by Gasteiger charge is -2.32. The van der Waals surface area contributed by atoms with E-state index in [0.29, 0.717) is 18.7 Å². The number of fused-ring (bicyclic) bond motifs is 1.